The van der Waals surface area contributed by atoms with E-state index in [1.807, 2.05) is 20.2 Å². The Hall–Kier alpha value is -4.54. The number of methoxy groups -OCH3 is 1. The fraction of sp³-hybridized carbons (Fsp3) is 0.357. The van der Waals surface area contributed by atoms with Crippen LogP contribution in [0.2, 0.25) is 0 Å². The maximum Gasteiger partial charge on any atom is 0.409 e. The van der Waals surface area contributed by atoms with E-state index in [-0.39, 0.29) is 23.9 Å². The van der Waals surface area contributed by atoms with Gasteiger partial charge in [-0.25, -0.2) is 4.79 Å². The summed E-state index contributed by atoms with van der Waals surface area (Å²) in [5.74, 6) is 1.41. The third-order valence-electron chi connectivity index (χ3n) is 7.07. The molecule has 1 fully saturated rings. The average Bonchev–Trinajstić information content (AvgIpc) is 3.34. The second-order valence-corrected chi connectivity index (χ2v) is 9.64. The normalized spacial score (nSPS) is 15.9. The van der Waals surface area contributed by atoms with Crippen molar-refractivity contribution >= 4 is 17.8 Å². The zero-order valence-corrected chi connectivity index (χ0v) is 22.1. The molecule has 2 aromatic carbocycles. The van der Waals surface area contributed by atoms with Gasteiger partial charge in [-0.3, -0.25) is 14.3 Å². The first-order chi connectivity index (χ1) is 18.7. The van der Waals surface area contributed by atoms with Crippen molar-refractivity contribution in [1.82, 2.24) is 14.7 Å². The number of primary amides is 1. The van der Waals surface area contributed by atoms with Crippen molar-refractivity contribution < 1.29 is 33.3 Å². The first-order valence-electron chi connectivity index (χ1n) is 12.7. The Labute approximate surface area is 225 Å². The second kappa shape index (κ2) is 10.3. The summed E-state index contributed by atoms with van der Waals surface area (Å²) in [5, 5.41) is 4.25. The molecule has 0 radical (unpaired) electrons. The monoisotopic (exact) mass is 534 g/mol. The van der Waals surface area contributed by atoms with Gasteiger partial charge in [-0.15, -0.1) is 0 Å². The summed E-state index contributed by atoms with van der Waals surface area (Å²) in [4.78, 5) is 39.4. The number of ether oxygens (including phenoxy) is 4. The molecule has 204 valence electrons. The number of carbonyl (C=O) groups excluding carboxylic acids is 3. The molecule has 11 heteroatoms. The van der Waals surface area contributed by atoms with Crippen LogP contribution >= 0.6 is 0 Å². The lowest BCUT2D eigenvalue weighted by molar-refractivity contribution is -0.00580. The Morgan fingerprint density at radius 3 is 2.54 bits per heavy atom. The summed E-state index contributed by atoms with van der Waals surface area (Å²) >= 11 is 0. The lowest BCUT2D eigenvalue weighted by atomic mass is 9.82. The zero-order valence-electron chi connectivity index (χ0n) is 22.1. The van der Waals surface area contributed by atoms with Crippen molar-refractivity contribution in [2.75, 3.05) is 26.8 Å². The Balaban J connectivity index is 1.34. The van der Waals surface area contributed by atoms with Crippen molar-refractivity contribution in [2.45, 2.75) is 31.8 Å². The van der Waals surface area contributed by atoms with E-state index in [4.69, 9.17) is 24.7 Å². The number of nitrogens with zero attached hydrogens (tertiary/aromatic N) is 3. The largest absolute Gasteiger partial charge is 0.496 e. The number of likely N-dealkylation sites (tertiary alicyclic amines) is 1. The summed E-state index contributed by atoms with van der Waals surface area (Å²) in [5.41, 5.74) is 6.73. The molecule has 3 heterocycles. The van der Waals surface area contributed by atoms with Gasteiger partial charge in [0.15, 0.2) is 5.78 Å². The number of hydrogen-bond donors (Lipinski definition) is 1. The molecule has 39 heavy (non-hydrogen) atoms. The lowest BCUT2D eigenvalue weighted by Gasteiger charge is -2.44. The summed E-state index contributed by atoms with van der Waals surface area (Å²) < 4.78 is 24.4. The molecule has 2 N–H and O–H groups in total. The molecular formula is C28H30N4O7. The number of benzene rings is 2. The van der Waals surface area contributed by atoms with Gasteiger partial charge in [0.1, 0.15) is 28.6 Å². The Morgan fingerprint density at radius 2 is 1.90 bits per heavy atom. The van der Waals surface area contributed by atoms with E-state index in [9.17, 15) is 14.4 Å². The first kappa shape index (κ1) is 26.1. The van der Waals surface area contributed by atoms with Crippen LogP contribution < -0.4 is 24.7 Å². The number of aryl methyl sites for hydroxylation is 1. The van der Waals surface area contributed by atoms with Crippen molar-refractivity contribution in [1.29, 1.82) is 0 Å². The van der Waals surface area contributed by atoms with E-state index < -0.39 is 11.7 Å². The Bertz CT molecular complexity index is 1440. The standard InChI is InChI=1S/C28H30N4O7/c1-4-37-24-12-17(11-23(36-3)25(24)18-15-30-31(2)16-18)26(34)32-9-7-28(8-10-32)14-21(33)20-13-19(38-27(29)35)5-6-22(20)39-28/h5-6,11-13,15-16H,4,7-10,14H2,1-3H3,(H2,29,35). The van der Waals surface area contributed by atoms with Gasteiger partial charge in [-0.05, 0) is 37.3 Å². The summed E-state index contributed by atoms with van der Waals surface area (Å²) in [7, 11) is 3.39. The van der Waals surface area contributed by atoms with Crippen LogP contribution in [0.25, 0.3) is 11.1 Å². The molecule has 1 saturated heterocycles. The van der Waals surface area contributed by atoms with Crippen molar-refractivity contribution in [2.24, 2.45) is 12.8 Å². The SMILES string of the molecule is CCOc1cc(C(=O)N2CCC3(CC2)CC(=O)c2cc(OC(N)=O)ccc2O3)cc(OC)c1-c1cnn(C)c1. The lowest BCUT2D eigenvalue weighted by Crippen LogP contribution is -2.52. The van der Waals surface area contributed by atoms with Crippen LogP contribution in [0.4, 0.5) is 4.79 Å². The van der Waals surface area contributed by atoms with Crippen LogP contribution in [0.15, 0.2) is 42.7 Å². The van der Waals surface area contributed by atoms with E-state index in [1.165, 1.54) is 12.1 Å². The number of nitrogens with two attached hydrogens (primary N) is 1. The van der Waals surface area contributed by atoms with Crippen LogP contribution in [-0.2, 0) is 7.05 Å². The minimum Gasteiger partial charge on any atom is -0.496 e. The third-order valence-corrected chi connectivity index (χ3v) is 7.07. The molecule has 11 nitrogen and oxygen atoms in total. The molecule has 5 rings (SSSR count). The molecule has 0 aliphatic carbocycles. The van der Waals surface area contributed by atoms with Gasteiger partial charge in [-0.1, -0.05) is 0 Å². The molecule has 3 aromatic rings. The highest BCUT2D eigenvalue weighted by atomic mass is 16.5. The second-order valence-electron chi connectivity index (χ2n) is 9.64. The van der Waals surface area contributed by atoms with Gasteiger partial charge >= 0.3 is 6.09 Å². The van der Waals surface area contributed by atoms with E-state index >= 15 is 0 Å². The fourth-order valence-corrected chi connectivity index (χ4v) is 5.21. The molecular weight excluding hydrogens is 504 g/mol. The molecule has 0 atom stereocenters. The minimum absolute atomic E-state index is 0.108. The molecule has 0 bridgehead atoms. The van der Waals surface area contributed by atoms with E-state index in [1.54, 1.807) is 41.1 Å². The highest BCUT2D eigenvalue weighted by Crippen LogP contribution is 2.42. The molecule has 1 spiro atoms. The maximum absolute atomic E-state index is 13.6. The van der Waals surface area contributed by atoms with Gasteiger partial charge in [0.25, 0.3) is 5.91 Å². The van der Waals surface area contributed by atoms with E-state index in [0.29, 0.717) is 60.9 Å². The average molecular weight is 535 g/mol. The van der Waals surface area contributed by atoms with Crippen LogP contribution in [-0.4, -0.2) is 64.9 Å². The fourth-order valence-electron chi connectivity index (χ4n) is 5.21. The predicted molar refractivity (Wildman–Crippen MR) is 140 cm³/mol. The third kappa shape index (κ3) is 5.12. The quantitative estimate of drug-likeness (QED) is 0.507. The molecule has 2 aliphatic heterocycles. The van der Waals surface area contributed by atoms with Crippen LogP contribution in [0.5, 0.6) is 23.0 Å². The number of Topliss-reactive ketones (excluding diaryl/α,β-unsaturated/α-hetero) is 1. The number of carbonyl (C=O) groups is 3. The highest BCUT2D eigenvalue weighted by Gasteiger charge is 2.44. The number of hydrogen-bond acceptors (Lipinski definition) is 8. The van der Waals surface area contributed by atoms with Crippen molar-refractivity contribution in [3.8, 4) is 34.1 Å². The van der Waals surface area contributed by atoms with Gasteiger partial charge in [0.05, 0.1) is 37.5 Å². The van der Waals surface area contributed by atoms with Crippen LogP contribution in [0.1, 0.15) is 46.9 Å². The first-order valence-corrected chi connectivity index (χ1v) is 12.7. The van der Waals surface area contributed by atoms with Crippen molar-refractivity contribution in [3.05, 3.63) is 53.9 Å². The minimum atomic E-state index is -0.953. The molecule has 0 saturated carbocycles. The number of rotatable bonds is 6. The van der Waals surface area contributed by atoms with Crippen LogP contribution in [0, 0.1) is 0 Å². The van der Waals surface area contributed by atoms with E-state index in [0.717, 1.165) is 11.1 Å². The van der Waals surface area contributed by atoms with E-state index in [2.05, 4.69) is 5.10 Å². The topological polar surface area (TPSA) is 135 Å². The molecule has 1 aromatic heterocycles. The van der Waals surface area contributed by atoms with Gasteiger partial charge in [-0.2, -0.15) is 5.10 Å². The van der Waals surface area contributed by atoms with Gasteiger partial charge < -0.3 is 29.6 Å². The van der Waals surface area contributed by atoms with Crippen molar-refractivity contribution in [3.63, 3.8) is 0 Å². The number of fused-ring (bicyclic) bond motifs is 1. The number of amides is 2. The smallest absolute Gasteiger partial charge is 0.409 e. The number of piperidine rings is 1. The molecule has 2 aliphatic rings. The van der Waals surface area contributed by atoms with Gasteiger partial charge in [0, 0.05) is 50.3 Å². The predicted octanol–water partition coefficient (Wildman–Crippen LogP) is 3.59. The van der Waals surface area contributed by atoms with Gasteiger partial charge in [0.2, 0.25) is 0 Å². The molecule has 0 unspecified atom stereocenters. The highest BCUT2D eigenvalue weighted by molar-refractivity contribution is 6.01. The Kier molecular flexibility index (Phi) is 6.90. The molecule has 2 amide bonds. The number of ketones is 1. The summed E-state index contributed by atoms with van der Waals surface area (Å²) in [6, 6.07) is 8.07. The van der Waals surface area contributed by atoms with Crippen LogP contribution in [0.3, 0.4) is 0 Å². The summed E-state index contributed by atoms with van der Waals surface area (Å²) in [6.07, 6.45) is 3.79. The maximum atomic E-state index is 13.6. The zero-order chi connectivity index (χ0) is 27.7. The Morgan fingerprint density at radius 1 is 1.15 bits per heavy atom. The summed E-state index contributed by atoms with van der Waals surface area (Å²) in [6.45, 7) is 3.14. The number of aromatic nitrogens is 2.